The zero-order chi connectivity index (χ0) is 12.4. The van der Waals surface area contributed by atoms with Crippen molar-refractivity contribution in [3.05, 3.63) is 0 Å². The molecule has 1 N–H and O–H groups in total. The molecule has 16 heavy (non-hydrogen) atoms. The Morgan fingerprint density at radius 2 is 1.56 bits per heavy atom. The molecule has 1 unspecified atom stereocenters. The first kappa shape index (κ1) is 15.3. The first-order valence-corrected chi connectivity index (χ1v) is 5.51. The maximum atomic E-state index is 10.9. The Balaban J connectivity index is 3.87. The van der Waals surface area contributed by atoms with Crippen LogP contribution in [0.15, 0.2) is 0 Å². The third-order valence-electron chi connectivity index (χ3n) is 2.03. The molecule has 0 saturated carbocycles. The van der Waals surface area contributed by atoms with Crippen molar-refractivity contribution in [3.8, 4) is 0 Å². The lowest BCUT2D eigenvalue weighted by molar-refractivity contribution is -0.141. The van der Waals surface area contributed by atoms with Gasteiger partial charge in [-0.15, -0.1) is 0 Å². The van der Waals surface area contributed by atoms with Gasteiger partial charge in [0.05, 0.1) is 33.7 Å². The molecule has 0 amide bonds. The van der Waals surface area contributed by atoms with Crippen LogP contribution in [0.4, 0.5) is 0 Å². The second-order valence-corrected chi connectivity index (χ2v) is 3.54. The minimum absolute atomic E-state index is 0.258. The van der Waals surface area contributed by atoms with Crippen LogP contribution >= 0.6 is 9.39 Å². The van der Waals surface area contributed by atoms with Crippen LogP contribution in [0.5, 0.6) is 0 Å². The van der Waals surface area contributed by atoms with Crippen molar-refractivity contribution in [2.45, 2.75) is 12.8 Å². The van der Waals surface area contributed by atoms with Gasteiger partial charge in [-0.3, -0.25) is 19.6 Å². The van der Waals surface area contributed by atoms with Crippen LogP contribution in [0.1, 0.15) is 12.8 Å². The van der Waals surface area contributed by atoms with Gasteiger partial charge in [0.25, 0.3) is 0 Å². The molecule has 0 aliphatic rings. The predicted molar refractivity (Wildman–Crippen MR) is 62.6 cm³/mol. The highest BCUT2D eigenvalue weighted by molar-refractivity contribution is 7.13. The molecule has 0 aliphatic carbocycles. The number of methoxy groups -OCH3 is 2. The summed E-state index contributed by atoms with van der Waals surface area (Å²) in [5.41, 5.74) is 0. The number of hydrogen-bond acceptors (Lipinski definition) is 6. The van der Waals surface area contributed by atoms with E-state index in [0.29, 0.717) is 32.6 Å². The van der Waals surface area contributed by atoms with Gasteiger partial charge in [0.2, 0.25) is 0 Å². The van der Waals surface area contributed by atoms with E-state index in [4.69, 9.17) is 0 Å². The van der Waals surface area contributed by atoms with Crippen LogP contribution in [-0.4, -0.2) is 50.8 Å². The van der Waals surface area contributed by atoms with Gasteiger partial charge in [-0.05, 0) is 0 Å². The number of ether oxygens (including phenoxy) is 2. The number of rotatable bonds is 8. The summed E-state index contributed by atoms with van der Waals surface area (Å²) in [5, 5.41) is 2.89. The number of hydrogen-bond donors (Lipinski definition) is 1. The molecule has 0 aromatic carbocycles. The quantitative estimate of drug-likeness (QED) is 0.364. The summed E-state index contributed by atoms with van der Waals surface area (Å²) in [5.74, 6) is -0.515. The molecule has 0 spiro atoms. The smallest absolute Gasteiger partial charge is 0.306 e. The number of carbonyl (C=O) groups excluding carboxylic acids is 2. The largest absolute Gasteiger partial charge is 0.469 e. The van der Waals surface area contributed by atoms with Crippen molar-refractivity contribution in [3.63, 3.8) is 0 Å². The molecule has 7 heteroatoms. The minimum Gasteiger partial charge on any atom is -0.469 e. The van der Waals surface area contributed by atoms with E-state index >= 15 is 0 Å². The number of nitrogens with one attached hydrogen (secondary N) is 1. The van der Waals surface area contributed by atoms with E-state index in [1.807, 2.05) is 4.90 Å². The van der Waals surface area contributed by atoms with Crippen molar-refractivity contribution in [1.29, 1.82) is 0 Å². The molecular formula is C9H19N2O4P. The van der Waals surface area contributed by atoms with E-state index in [1.54, 1.807) is 0 Å². The van der Waals surface area contributed by atoms with Gasteiger partial charge in [-0.25, -0.2) is 0 Å². The average molecular weight is 250 g/mol. The van der Waals surface area contributed by atoms with Crippen molar-refractivity contribution in [1.82, 2.24) is 9.99 Å². The SMILES string of the molecule is COC(=O)CCN(CCC(=O)OC)CNP. The summed E-state index contributed by atoms with van der Waals surface area (Å²) >= 11 is 0. The van der Waals surface area contributed by atoms with Gasteiger partial charge in [0.1, 0.15) is 0 Å². The fourth-order valence-electron chi connectivity index (χ4n) is 1.10. The first-order chi connectivity index (χ1) is 7.63. The summed E-state index contributed by atoms with van der Waals surface area (Å²) in [7, 11) is 5.08. The zero-order valence-corrected chi connectivity index (χ0v) is 10.8. The summed E-state index contributed by atoms with van der Waals surface area (Å²) < 4.78 is 9.09. The molecule has 94 valence electrons. The molecule has 0 rings (SSSR count). The fourth-order valence-corrected chi connectivity index (χ4v) is 1.36. The van der Waals surface area contributed by atoms with Crippen molar-refractivity contribution in [2.24, 2.45) is 0 Å². The van der Waals surface area contributed by atoms with E-state index in [9.17, 15) is 9.59 Å². The summed E-state index contributed by atoms with van der Waals surface area (Å²) in [6.07, 6.45) is 0.619. The van der Waals surface area contributed by atoms with Gasteiger partial charge in [-0.1, -0.05) is 9.39 Å². The molecule has 0 aromatic rings. The van der Waals surface area contributed by atoms with Gasteiger partial charge in [-0.2, -0.15) is 0 Å². The highest BCUT2D eigenvalue weighted by atomic mass is 31.0. The second kappa shape index (κ2) is 9.51. The Kier molecular flexibility index (Phi) is 9.09. The molecule has 0 fully saturated rings. The summed E-state index contributed by atoms with van der Waals surface area (Å²) in [6.45, 7) is 1.68. The molecule has 1 atom stereocenters. The second-order valence-electron chi connectivity index (χ2n) is 3.13. The highest BCUT2D eigenvalue weighted by Gasteiger charge is 2.09. The third-order valence-corrected chi connectivity index (χ3v) is 2.22. The van der Waals surface area contributed by atoms with Gasteiger partial charge >= 0.3 is 11.9 Å². The van der Waals surface area contributed by atoms with Crippen LogP contribution in [-0.2, 0) is 19.1 Å². The fraction of sp³-hybridized carbons (Fsp3) is 0.778. The number of nitrogens with zero attached hydrogens (tertiary/aromatic N) is 1. The number of esters is 2. The highest BCUT2D eigenvalue weighted by Crippen LogP contribution is 1.96. The molecular weight excluding hydrogens is 231 g/mol. The van der Waals surface area contributed by atoms with Crippen LogP contribution < -0.4 is 5.09 Å². The molecule has 0 bridgehead atoms. The molecule has 0 aromatic heterocycles. The Morgan fingerprint density at radius 3 is 1.88 bits per heavy atom. The van der Waals surface area contributed by atoms with Crippen molar-refractivity contribution in [2.75, 3.05) is 34.0 Å². The summed E-state index contributed by atoms with van der Waals surface area (Å²) in [4.78, 5) is 23.8. The maximum absolute atomic E-state index is 10.9. The number of carbonyl (C=O) groups is 2. The lowest BCUT2D eigenvalue weighted by Crippen LogP contribution is -2.34. The van der Waals surface area contributed by atoms with Gasteiger partial charge in [0.15, 0.2) is 0 Å². The topological polar surface area (TPSA) is 67.9 Å². The molecule has 0 radical (unpaired) electrons. The maximum Gasteiger partial charge on any atom is 0.306 e. The third kappa shape index (κ3) is 7.56. The zero-order valence-electron chi connectivity index (χ0n) is 9.69. The summed E-state index contributed by atoms with van der Waals surface area (Å²) in [6, 6.07) is 0. The molecule has 0 heterocycles. The first-order valence-electron chi connectivity index (χ1n) is 4.93. The lowest BCUT2D eigenvalue weighted by atomic mass is 10.3. The van der Waals surface area contributed by atoms with E-state index in [-0.39, 0.29) is 11.9 Å². The lowest BCUT2D eigenvalue weighted by Gasteiger charge is -2.20. The van der Waals surface area contributed by atoms with E-state index in [1.165, 1.54) is 14.2 Å². The van der Waals surface area contributed by atoms with Crippen LogP contribution in [0.2, 0.25) is 0 Å². The monoisotopic (exact) mass is 250 g/mol. The Morgan fingerprint density at radius 1 is 1.12 bits per heavy atom. The van der Waals surface area contributed by atoms with Crippen molar-refractivity contribution < 1.29 is 19.1 Å². The predicted octanol–water partition coefficient (Wildman–Crippen LogP) is -0.248. The van der Waals surface area contributed by atoms with Gasteiger partial charge in [0, 0.05) is 13.1 Å². The van der Waals surface area contributed by atoms with E-state index < -0.39 is 0 Å². The average Bonchev–Trinajstić information content (AvgIpc) is 2.31. The van der Waals surface area contributed by atoms with E-state index in [0.717, 1.165) is 0 Å². The Labute approximate surface area is 97.9 Å². The molecule has 6 nitrogen and oxygen atoms in total. The standard InChI is InChI=1S/C9H19N2O4P/c1-14-8(12)3-5-11(7-10-16)6-4-9(13)15-2/h10H,3-7,16H2,1-2H3. The van der Waals surface area contributed by atoms with Crippen LogP contribution in [0.3, 0.4) is 0 Å². The Bertz CT molecular complexity index is 206. The van der Waals surface area contributed by atoms with Crippen LogP contribution in [0, 0.1) is 0 Å². The molecule has 0 aliphatic heterocycles. The minimum atomic E-state index is -0.258. The Hall–Kier alpha value is -0.710. The van der Waals surface area contributed by atoms with Crippen LogP contribution in [0.25, 0.3) is 0 Å². The van der Waals surface area contributed by atoms with E-state index in [2.05, 4.69) is 24.0 Å². The van der Waals surface area contributed by atoms with Crippen molar-refractivity contribution >= 4 is 21.3 Å². The molecule has 0 saturated heterocycles. The normalized spacial score (nSPS) is 10.2. The van der Waals surface area contributed by atoms with Gasteiger partial charge < -0.3 is 9.47 Å².